The van der Waals surface area contributed by atoms with E-state index in [2.05, 4.69) is 39.0 Å². The molecule has 2 rings (SSSR count). The molecule has 16 heavy (non-hydrogen) atoms. The van der Waals surface area contributed by atoms with Crippen LogP contribution in [0, 0.1) is 6.92 Å². The van der Waals surface area contributed by atoms with Crippen LogP contribution in [0.1, 0.15) is 36.5 Å². The summed E-state index contributed by atoms with van der Waals surface area (Å²) in [4.78, 5) is 11.3. The van der Waals surface area contributed by atoms with Gasteiger partial charge in [-0.25, -0.2) is 0 Å². The first-order valence-electron chi connectivity index (χ1n) is 5.74. The van der Waals surface area contributed by atoms with Crippen molar-refractivity contribution in [2.24, 2.45) is 0 Å². The third kappa shape index (κ3) is 1.67. The lowest BCUT2D eigenvalue weighted by Crippen LogP contribution is -2.48. The van der Waals surface area contributed by atoms with Crippen LogP contribution in [-0.2, 0) is 14.9 Å². The van der Waals surface area contributed by atoms with Crippen molar-refractivity contribution in [2.45, 2.75) is 32.1 Å². The molecular weight excluding hydrogens is 200 g/mol. The van der Waals surface area contributed by atoms with Gasteiger partial charge in [-0.3, -0.25) is 0 Å². The molecule has 0 aliphatic carbocycles. The van der Waals surface area contributed by atoms with Crippen LogP contribution in [0.15, 0.2) is 18.2 Å². The van der Waals surface area contributed by atoms with E-state index in [1.165, 1.54) is 11.1 Å². The molecule has 0 amide bonds. The molecule has 1 saturated heterocycles. The van der Waals surface area contributed by atoms with Crippen molar-refractivity contribution in [3.63, 3.8) is 0 Å². The summed E-state index contributed by atoms with van der Waals surface area (Å²) in [5, 5.41) is 0. The van der Waals surface area contributed by atoms with Gasteiger partial charge in [-0.2, -0.15) is 0 Å². The second kappa shape index (κ2) is 4.02. The Morgan fingerprint density at radius 3 is 2.50 bits per heavy atom. The Hall–Kier alpha value is -1.15. The summed E-state index contributed by atoms with van der Waals surface area (Å²) in [7, 11) is 0. The van der Waals surface area contributed by atoms with Crippen LogP contribution in [0.4, 0.5) is 0 Å². The minimum Gasteiger partial charge on any atom is -0.379 e. The predicted octanol–water partition coefficient (Wildman–Crippen LogP) is 2.59. The topological polar surface area (TPSA) is 26.3 Å². The Bertz CT molecular complexity index is 403. The first kappa shape index (κ1) is 11.3. The average molecular weight is 218 g/mol. The van der Waals surface area contributed by atoms with E-state index >= 15 is 0 Å². The number of aldehydes is 1. The lowest BCUT2D eigenvalue weighted by molar-refractivity contribution is -0.129. The molecular formula is C14H18O2. The maximum atomic E-state index is 11.3. The zero-order valence-corrected chi connectivity index (χ0v) is 10.1. The van der Waals surface area contributed by atoms with Gasteiger partial charge in [0.1, 0.15) is 6.29 Å². The van der Waals surface area contributed by atoms with E-state index in [-0.39, 0.29) is 5.41 Å². The van der Waals surface area contributed by atoms with Gasteiger partial charge in [0, 0.05) is 0 Å². The summed E-state index contributed by atoms with van der Waals surface area (Å²) in [6, 6.07) is 6.41. The third-order valence-electron chi connectivity index (χ3n) is 3.41. The molecule has 0 saturated carbocycles. The Balaban J connectivity index is 2.46. The second-order valence-electron chi connectivity index (χ2n) is 5.00. The SMILES string of the molecule is Cc1ccc(C(C)C)cc1C1(C=O)COC1. The van der Waals surface area contributed by atoms with Crippen LogP contribution in [0.5, 0.6) is 0 Å². The molecule has 1 aliphatic heterocycles. The Morgan fingerprint density at radius 1 is 1.38 bits per heavy atom. The highest BCUT2D eigenvalue weighted by atomic mass is 16.5. The van der Waals surface area contributed by atoms with Crippen molar-refractivity contribution in [2.75, 3.05) is 13.2 Å². The van der Waals surface area contributed by atoms with Crippen molar-refractivity contribution in [1.29, 1.82) is 0 Å². The monoisotopic (exact) mass is 218 g/mol. The van der Waals surface area contributed by atoms with Crippen LogP contribution < -0.4 is 0 Å². The van der Waals surface area contributed by atoms with E-state index in [0.29, 0.717) is 19.1 Å². The fraction of sp³-hybridized carbons (Fsp3) is 0.500. The van der Waals surface area contributed by atoms with Crippen molar-refractivity contribution >= 4 is 6.29 Å². The van der Waals surface area contributed by atoms with E-state index in [1.54, 1.807) is 0 Å². The molecule has 1 heterocycles. The summed E-state index contributed by atoms with van der Waals surface area (Å²) < 4.78 is 5.21. The Kier molecular flexibility index (Phi) is 2.85. The average Bonchev–Trinajstić information content (AvgIpc) is 2.19. The fourth-order valence-electron chi connectivity index (χ4n) is 2.14. The number of carbonyl (C=O) groups is 1. The van der Waals surface area contributed by atoms with Gasteiger partial charge in [0.2, 0.25) is 0 Å². The van der Waals surface area contributed by atoms with Crippen molar-refractivity contribution < 1.29 is 9.53 Å². The van der Waals surface area contributed by atoms with Crippen LogP contribution >= 0.6 is 0 Å². The van der Waals surface area contributed by atoms with Gasteiger partial charge in [0.25, 0.3) is 0 Å². The maximum absolute atomic E-state index is 11.3. The first-order chi connectivity index (χ1) is 7.59. The second-order valence-corrected chi connectivity index (χ2v) is 5.00. The molecule has 0 bridgehead atoms. The number of benzene rings is 1. The Morgan fingerprint density at radius 2 is 2.06 bits per heavy atom. The van der Waals surface area contributed by atoms with Gasteiger partial charge in [0.15, 0.2) is 0 Å². The molecule has 0 radical (unpaired) electrons. The van der Waals surface area contributed by atoms with Gasteiger partial charge in [-0.05, 0) is 29.5 Å². The first-order valence-corrected chi connectivity index (χ1v) is 5.74. The third-order valence-corrected chi connectivity index (χ3v) is 3.41. The lowest BCUT2D eigenvalue weighted by Gasteiger charge is -2.38. The molecule has 0 spiro atoms. The van der Waals surface area contributed by atoms with Gasteiger partial charge in [0.05, 0.1) is 18.6 Å². The number of hydrogen-bond acceptors (Lipinski definition) is 2. The molecule has 0 aromatic heterocycles. The van der Waals surface area contributed by atoms with Crippen molar-refractivity contribution in [3.05, 3.63) is 34.9 Å². The smallest absolute Gasteiger partial charge is 0.135 e. The fourth-order valence-corrected chi connectivity index (χ4v) is 2.14. The molecule has 2 heteroatoms. The van der Waals surface area contributed by atoms with Gasteiger partial charge in [-0.15, -0.1) is 0 Å². The van der Waals surface area contributed by atoms with E-state index in [0.717, 1.165) is 11.8 Å². The molecule has 1 aliphatic rings. The van der Waals surface area contributed by atoms with Crippen LogP contribution in [0.3, 0.4) is 0 Å². The Labute approximate surface area is 96.6 Å². The number of ether oxygens (including phenoxy) is 1. The summed E-state index contributed by atoms with van der Waals surface area (Å²) >= 11 is 0. The molecule has 1 aromatic rings. The summed E-state index contributed by atoms with van der Waals surface area (Å²) in [6.45, 7) is 7.44. The number of rotatable bonds is 3. The standard InChI is InChI=1S/C14H18O2/c1-10(2)12-5-4-11(3)13(6-12)14(7-15)8-16-9-14/h4-7,10H,8-9H2,1-3H3. The largest absolute Gasteiger partial charge is 0.379 e. The molecule has 0 N–H and O–H groups in total. The number of carbonyl (C=O) groups excluding carboxylic acids is 1. The van der Waals surface area contributed by atoms with Crippen LogP contribution in [0.2, 0.25) is 0 Å². The highest BCUT2D eigenvalue weighted by Gasteiger charge is 2.41. The number of aryl methyl sites for hydroxylation is 1. The minimum absolute atomic E-state index is 0.380. The molecule has 2 nitrogen and oxygen atoms in total. The summed E-state index contributed by atoms with van der Waals surface area (Å²) in [5.41, 5.74) is 3.23. The van der Waals surface area contributed by atoms with Gasteiger partial charge < -0.3 is 9.53 Å². The molecule has 0 atom stereocenters. The summed E-state index contributed by atoms with van der Waals surface area (Å²) in [5.74, 6) is 0.490. The van der Waals surface area contributed by atoms with Crippen molar-refractivity contribution in [3.8, 4) is 0 Å². The van der Waals surface area contributed by atoms with E-state index in [4.69, 9.17) is 4.74 Å². The van der Waals surface area contributed by atoms with Gasteiger partial charge in [-0.1, -0.05) is 32.0 Å². The van der Waals surface area contributed by atoms with Crippen molar-refractivity contribution in [1.82, 2.24) is 0 Å². The quantitative estimate of drug-likeness (QED) is 0.729. The summed E-state index contributed by atoms with van der Waals surface area (Å²) in [6.07, 6.45) is 1.04. The van der Waals surface area contributed by atoms with Crippen LogP contribution in [0.25, 0.3) is 0 Å². The number of hydrogen-bond donors (Lipinski definition) is 0. The molecule has 1 fully saturated rings. The van der Waals surface area contributed by atoms with Crippen LogP contribution in [-0.4, -0.2) is 19.5 Å². The maximum Gasteiger partial charge on any atom is 0.135 e. The van der Waals surface area contributed by atoms with Gasteiger partial charge >= 0.3 is 0 Å². The lowest BCUT2D eigenvalue weighted by atomic mass is 9.77. The predicted molar refractivity (Wildman–Crippen MR) is 63.8 cm³/mol. The highest BCUT2D eigenvalue weighted by molar-refractivity contribution is 5.71. The van der Waals surface area contributed by atoms with E-state index in [9.17, 15) is 4.79 Å². The zero-order chi connectivity index (χ0) is 11.8. The zero-order valence-electron chi connectivity index (χ0n) is 10.1. The minimum atomic E-state index is -0.380. The molecule has 1 aromatic carbocycles. The highest BCUT2D eigenvalue weighted by Crippen LogP contribution is 2.34. The molecule has 0 unspecified atom stereocenters. The molecule has 86 valence electrons. The normalized spacial score (nSPS) is 18.2. The van der Waals surface area contributed by atoms with E-state index < -0.39 is 0 Å². The van der Waals surface area contributed by atoms with E-state index in [1.807, 2.05) is 0 Å².